The van der Waals surface area contributed by atoms with Crippen LogP contribution in [0.1, 0.15) is 0 Å². The third kappa shape index (κ3) is 14.7. The van der Waals surface area contributed by atoms with Gasteiger partial charge >= 0.3 is 0 Å². The molecular weight excluding hydrogens is 1660 g/mol. The molecule has 9 heterocycles. The molecule has 3 aliphatic heterocycles. The minimum atomic E-state index is 0.610. The van der Waals surface area contributed by atoms with Crippen molar-refractivity contribution < 1.29 is 14.2 Å². The van der Waals surface area contributed by atoms with Crippen LogP contribution in [0.2, 0.25) is 0 Å². The van der Waals surface area contributed by atoms with E-state index >= 15 is 0 Å². The smallest absolute Gasteiger partial charge is 0.164 e. The lowest BCUT2D eigenvalue weighted by atomic mass is 9.90. The maximum absolute atomic E-state index is 6.32. The lowest BCUT2D eigenvalue weighted by molar-refractivity contribution is 0.487. The highest BCUT2D eigenvalue weighted by Gasteiger charge is 2.28. The van der Waals surface area contributed by atoms with Crippen LogP contribution in [-0.4, -0.2) is 59.8 Å². The van der Waals surface area contributed by atoms with Gasteiger partial charge in [-0.05, 0) is 140 Å². The molecule has 18 aromatic carbocycles. The number of benzene rings is 18. The molecule has 0 amide bonds. The Labute approximate surface area is 774 Å². The number of fused-ring (bicyclic) bond motifs is 9. The summed E-state index contributed by atoms with van der Waals surface area (Å²) in [5.74, 6) is 11.0. The average molecular weight is 1730 g/mol. The second kappa shape index (κ2) is 33.5. The van der Waals surface area contributed by atoms with Gasteiger partial charge in [0.1, 0.15) is 34.5 Å². The number of hydrogen-bond donors (Lipinski definition) is 0. The number of nitrogens with zero attached hydrogens (tertiary/aromatic N) is 12. The molecule has 0 unspecified atom stereocenters. The summed E-state index contributed by atoms with van der Waals surface area (Å²) < 4.78 is 18.9. The first-order chi connectivity index (χ1) is 66.8. The van der Waals surface area contributed by atoms with Gasteiger partial charge in [0.15, 0.2) is 52.4 Å². The minimum absolute atomic E-state index is 0.610. The fraction of sp³-hybridized carbons (Fsp3) is 0. The van der Waals surface area contributed by atoms with Crippen molar-refractivity contribution in [1.29, 1.82) is 0 Å². The van der Waals surface area contributed by atoms with Crippen LogP contribution in [0.15, 0.2) is 437 Å². The molecule has 27 rings (SSSR count). The van der Waals surface area contributed by atoms with Crippen LogP contribution in [0, 0.1) is 0 Å². The highest BCUT2D eigenvalue weighted by atomic mass is 16.5. The SMILES string of the molecule is c1ccc(-c2nc(-c3ccccc3)nc(-c3ccc4cc(-c5ccc6c7c(cccc57)-c5ccccc5O6)cnc4c3)n2)cc1.c1ccc(-c2nc(-c3ccccc3)nc(-c3ccc4cc(-c5ccc6c7c(cccc57)-c5ccccc5O6)ncc4c3)n2)cc1.c1ccc(-c2nc(-c3ccccc3)nc(-c3ccc4cnc(-c5ccc6c7c(cccc57)-c5ccccc5O6)cc4c3)n2)cc1. The van der Waals surface area contributed by atoms with Gasteiger partial charge in [0.25, 0.3) is 0 Å². The lowest BCUT2D eigenvalue weighted by Gasteiger charge is -2.22. The van der Waals surface area contributed by atoms with Gasteiger partial charge in [-0.15, -0.1) is 0 Å². The van der Waals surface area contributed by atoms with Gasteiger partial charge in [0, 0.05) is 134 Å². The third-order valence-electron chi connectivity index (χ3n) is 25.1. The van der Waals surface area contributed by atoms with E-state index in [1.807, 2.05) is 237 Å². The summed E-state index contributed by atoms with van der Waals surface area (Å²) in [6, 6.07) is 142. The van der Waals surface area contributed by atoms with Crippen molar-refractivity contribution in [3.8, 4) is 204 Å². The minimum Gasteiger partial charge on any atom is -0.456 e. The van der Waals surface area contributed by atoms with Crippen LogP contribution in [0.4, 0.5) is 0 Å². The summed E-state index contributed by atoms with van der Waals surface area (Å²) in [6.07, 6.45) is 5.83. The Morgan fingerprint density at radius 2 is 0.437 bits per heavy atom. The predicted octanol–water partition coefficient (Wildman–Crippen LogP) is 30.0. The molecule has 3 aliphatic rings. The maximum atomic E-state index is 6.32. The van der Waals surface area contributed by atoms with Gasteiger partial charge in [-0.3, -0.25) is 15.0 Å². The van der Waals surface area contributed by atoms with Gasteiger partial charge in [-0.1, -0.05) is 328 Å². The monoisotopic (exact) mass is 1730 g/mol. The molecule has 0 spiro atoms. The normalized spacial score (nSPS) is 11.7. The molecule has 15 nitrogen and oxygen atoms in total. The van der Waals surface area contributed by atoms with Crippen LogP contribution in [-0.2, 0) is 0 Å². The van der Waals surface area contributed by atoms with Crippen LogP contribution >= 0.6 is 0 Å². The van der Waals surface area contributed by atoms with E-state index in [1.165, 1.54) is 16.7 Å². The molecule has 0 N–H and O–H groups in total. The van der Waals surface area contributed by atoms with Gasteiger partial charge in [-0.25, -0.2) is 44.9 Å². The molecular formula is C120H72N12O3. The lowest BCUT2D eigenvalue weighted by Crippen LogP contribution is -2.00. The molecule has 630 valence electrons. The predicted molar refractivity (Wildman–Crippen MR) is 540 cm³/mol. The third-order valence-corrected chi connectivity index (χ3v) is 25.1. The van der Waals surface area contributed by atoms with E-state index in [-0.39, 0.29) is 0 Å². The largest absolute Gasteiger partial charge is 0.456 e. The van der Waals surface area contributed by atoms with Gasteiger partial charge in [0.05, 0.1) is 16.9 Å². The summed E-state index contributed by atoms with van der Waals surface area (Å²) in [5.41, 5.74) is 22.2. The summed E-state index contributed by atoms with van der Waals surface area (Å²) >= 11 is 0. The maximum Gasteiger partial charge on any atom is 0.164 e. The molecule has 0 saturated heterocycles. The molecule has 0 fully saturated rings. The van der Waals surface area contributed by atoms with Gasteiger partial charge in [0.2, 0.25) is 0 Å². The zero-order chi connectivity index (χ0) is 89.2. The molecule has 0 saturated carbocycles. The number of para-hydroxylation sites is 3. The Kier molecular flexibility index (Phi) is 19.5. The van der Waals surface area contributed by atoms with Crippen molar-refractivity contribution in [3.05, 3.63) is 437 Å². The van der Waals surface area contributed by atoms with E-state index in [1.54, 1.807) is 0 Å². The Morgan fingerprint density at radius 3 is 0.822 bits per heavy atom. The number of aromatic nitrogens is 12. The van der Waals surface area contributed by atoms with Gasteiger partial charge in [-0.2, -0.15) is 0 Å². The Bertz CT molecular complexity index is 8330. The molecule has 6 aromatic heterocycles. The molecule has 0 bridgehead atoms. The molecule has 0 atom stereocenters. The van der Waals surface area contributed by atoms with E-state index in [9.17, 15) is 0 Å². The topological polar surface area (TPSA) is 182 Å². The summed E-state index contributed by atoms with van der Waals surface area (Å²) in [5, 5.41) is 12.0. The molecule has 24 aromatic rings. The average Bonchev–Trinajstić information content (AvgIpc) is 0.738. The number of pyridine rings is 3. The Hall–Kier alpha value is -18.6. The molecule has 0 aliphatic carbocycles. The van der Waals surface area contributed by atoms with Crippen molar-refractivity contribution in [3.63, 3.8) is 0 Å². The first-order valence-corrected chi connectivity index (χ1v) is 44.7. The van der Waals surface area contributed by atoms with E-state index < -0.39 is 0 Å². The van der Waals surface area contributed by atoms with E-state index in [2.05, 4.69) is 200 Å². The first kappa shape index (κ1) is 78.6. The van der Waals surface area contributed by atoms with Crippen molar-refractivity contribution in [1.82, 2.24) is 59.8 Å². The fourth-order valence-electron chi connectivity index (χ4n) is 18.5. The molecule has 135 heavy (non-hydrogen) atoms. The highest BCUT2D eigenvalue weighted by Crippen LogP contribution is 2.53. The van der Waals surface area contributed by atoms with E-state index in [4.69, 9.17) is 74.0 Å². The quantitative estimate of drug-likeness (QED) is 0.113. The van der Waals surface area contributed by atoms with Crippen molar-refractivity contribution in [2.75, 3.05) is 0 Å². The second-order valence-electron chi connectivity index (χ2n) is 33.3. The molecule has 0 radical (unpaired) electrons. The van der Waals surface area contributed by atoms with Crippen molar-refractivity contribution in [2.45, 2.75) is 0 Å². The number of ether oxygens (including phenoxy) is 3. The zero-order valence-electron chi connectivity index (χ0n) is 72.2. The first-order valence-electron chi connectivity index (χ1n) is 44.7. The van der Waals surface area contributed by atoms with Crippen molar-refractivity contribution >= 4 is 64.8 Å². The van der Waals surface area contributed by atoms with Crippen LogP contribution in [0.25, 0.3) is 234 Å². The van der Waals surface area contributed by atoms with E-state index in [0.717, 1.165) is 200 Å². The Balaban J connectivity index is 0.000000108. The van der Waals surface area contributed by atoms with Crippen molar-refractivity contribution in [2.24, 2.45) is 0 Å². The van der Waals surface area contributed by atoms with Crippen LogP contribution in [0.3, 0.4) is 0 Å². The highest BCUT2D eigenvalue weighted by molar-refractivity contribution is 6.13. The van der Waals surface area contributed by atoms with Gasteiger partial charge < -0.3 is 14.2 Å². The van der Waals surface area contributed by atoms with E-state index in [0.29, 0.717) is 52.4 Å². The number of hydrogen-bond acceptors (Lipinski definition) is 15. The summed E-state index contributed by atoms with van der Waals surface area (Å²) in [7, 11) is 0. The fourth-order valence-corrected chi connectivity index (χ4v) is 18.5. The zero-order valence-corrected chi connectivity index (χ0v) is 72.2. The van der Waals surface area contributed by atoms with Crippen LogP contribution in [0.5, 0.6) is 34.5 Å². The number of rotatable bonds is 12. The molecule has 15 heteroatoms. The standard InChI is InChI=1S/3C40H24N4O/c1-3-10-25(11-4-1)38-42-39(26-12-5-2-6-13-26)44-40(43-38)28-19-18-27-23-34(41-24-29(27)22-28)30-20-21-36-37-32(30)15-9-16-33(37)31-14-7-8-17-35(31)45-36;1-3-10-25(11-4-1)38-42-39(26-12-5-2-6-13-26)44-40(43-38)27-18-19-28-24-41-34(23-29(28)22-27)30-20-21-36-37-32(30)15-9-16-33(37)31-14-7-8-17-35(31)45-36;1-3-10-25(11-4-1)38-42-39(26-12-5-2-6-13-26)44-40(43-38)28-19-18-27-22-29(24-41-34(27)23-28)30-20-21-36-37-32(30)15-9-16-33(37)31-14-7-8-17-35(31)45-36/h3*1-24H. The summed E-state index contributed by atoms with van der Waals surface area (Å²) in [4.78, 5) is 58.7. The summed E-state index contributed by atoms with van der Waals surface area (Å²) in [6.45, 7) is 0. The van der Waals surface area contributed by atoms with Crippen LogP contribution < -0.4 is 14.2 Å². The second-order valence-corrected chi connectivity index (χ2v) is 33.3. The Morgan fingerprint density at radius 1 is 0.148 bits per heavy atom.